The minimum atomic E-state index is 0.365. The third-order valence-electron chi connectivity index (χ3n) is 3.04. The lowest BCUT2D eigenvalue weighted by molar-refractivity contribution is 0.884. The molecule has 0 fully saturated rings. The predicted molar refractivity (Wildman–Crippen MR) is 96.2 cm³/mol. The molecule has 2 heterocycles. The number of benzene rings is 1. The molecule has 2 aromatic rings. The van der Waals surface area contributed by atoms with Crippen molar-refractivity contribution >= 4 is 56.8 Å². The van der Waals surface area contributed by atoms with Crippen LogP contribution in [0.5, 0.6) is 0 Å². The number of hydrogen-bond acceptors (Lipinski definition) is 6. The summed E-state index contributed by atoms with van der Waals surface area (Å²) in [5, 5.41) is 16.3. The average molecular weight is 371 g/mol. The van der Waals surface area contributed by atoms with Crippen molar-refractivity contribution in [2.24, 2.45) is 5.10 Å². The molecule has 0 saturated carbocycles. The SMILES string of the molecule is Cc1ccc(CSC2=NN(C)c3cc(Cl)nnc3S2)c(Cl)c1. The van der Waals surface area contributed by atoms with E-state index in [-0.39, 0.29) is 0 Å². The van der Waals surface area contributed by atoms with E-state index < -0.39 is 0 Å². The summed E-state index contributed by atoms with van der Waals surface area (Å²) in [6.45, 7) is 2.03. The van der Waals surface area contributed by atoms with Crippen molar-refractivity contribution in [2.45, 2.75) is 17.7 Å². The van der Waals surface area contributed by atoms with E-state index in [4.69, 9.17) is 23.2 Å². The lowest BCUT2D eigenvalue weighted by atomic mass is 10.2. The smallest absolute Gasteiger partial charge is 0.157 e. The molecule has 0 aliphatic carbocycles. The molecule has 3 rings (SSSR count). The van der Waals surface area contributed by atoms with Gasteiger partial charge in [0.1, 0.15) is 0 Å². The number of halogens is 2. The number of nitrogens with zero attached hydrogens (tertiary/aromatic N) is 4. The molecule has 0 radical (unpaired) electrons. The van der Waals surface area contributed by atoms with Crippen LogP contribution in [0, 0.1) is 6.92 Å². The van der Waals surface area contributed by atoms with Crippen LogP contribution >= 0.6 is 46.7 Å². The molecule has 0 amide bonds. The molecule has 22 heavy (non-hydrogen) atoms. The fourth-order valence-corrected chi connectivity index (χ4v) is 4.49. The minimum Gasteiger partial charge on any atom is -0.264 e. The van der Waals surface area contributed by atoms with Crippen LogP contribution in [0.4, 0.5) is 5.69 Å². The van der Waals surface area contributed by atoms with Gasteiger partial charge in [-0.3, -0.25) is 5.01 Å². The molecule has 1 aliphatic heterocycles. The highest BCUT2D eigenvalue weighted by atomic mass is 35.5. The standard InChI is InChI=1S/C14H12Cl2N4S2/c1-8-3-4-9(10(15)5-8)7-21-14-19-20(2)11-6-12(16)17-18-13(11)22-14/h3-6H,7H2,1-2H3. The molecule has 0 bridgehead atoms. The third kappa shape index (κ3) is 3.51. The summed E-state index contributed by atoms with van der Waals surface area (Å²) in [4.78, 5) is 0. The largest absolute Gasteiger partial charge is 0.264 e. The van der Waals surface area contributed by atoms with E-state index in [1.54, 1.807) is 22.8 Å². The van der Waals surface area contributed by atoms with Crippen molar-refractivity contribution in [3.8, 4) is 0 Å². The van der Waals surface area contributed by atoms with Crippen molar-refractivity contribution in [2.75, 3.05) is 12.1 Å². The van der Waals surface area contributed by atoms with Crippen LogP contribution in [0.25, 0.3) is 0 Å². The summed E-state index contributed by atoms with van der Waals surface area (Å²) in [6.07, 6.45) is 0. The van der Waals surface area contributed by atoms with Crippen LogP contribution in [0.1, 0.15) is 11.1 Å². The lowest BCUT2D eigenvalue weighted by Gasteiger charge is -2.22. The molecular weight excluding hydrogens is 359 g/mol. The second-order valence-corrected chi connectivity index (χ2v) is 7.73. The van der Waals surface area contributed by atoms with Crippen LogP contribution in [0.2, 0.25) is 10.2 Å². The van der Waals surface area contributed by atoms with Gasteiger partial charge in [-0.1, -0.05) is 47.1 Å². The van der Waals surface area contributed by atoms with Gasteiger partial charge in [0.2, 0.25) is 0 Å². The molecule has 8 heteroatoms. The first-order valence-corrected chi connectivity index (χ1v) is 9.00. The molecule has 1 aromatic heterocycles. The molecular formula is C14H12Cl2N4S2. The molecule has 0 N–H and O–H groups in total. The van der Waals surface area contributed by atoms with Crippen LogP contribution < -0.4 is 5.01 Å². The topological polar surface area (TPSA) is 41.4 Å². The van der Waals surface area contributed by atoms with Crippen molar-refractivity contribution in [3.63, 3.8) is 0 Å². The number of hydrogen-bond donors (Lipinski definition) is 0. The zero-order valence-corrected chi connectivity index (χ0v) is 15.0. The first-order valence-electron chi connectivity index (χ1n) is 6.44. The zero-order valence-electron chi connectivity index (χ0n) is 11.9. The van der Waals surface area contributed by atoms with E-state index in [0.29, 0.717) is 5.15 Å². The summed E-state index contributed by atoms with van der Waals surface area (Å²) in [5.41, 5.74) is 3.11. The number of anilines is 1. The Morgan fingerprint density at radius 2 is 2.05 bits per heavy atom. The van der Waals surface area contributed by atoms with Crippen molar-refractivity contribution < 1.29 is 0 Å². The molecule has 0 unspecified atom stereocenters. The molecule has 1 aliphatic rings. The molecule has 1 aromatic carbocycles. The fraction of sp³-hybridized carbons (Fsp3) is 0.214. The zero-order chi connectivity index (χ0) is 15.7. The van der Waals surface area contributed by atoms with Gasteiger partial charge >= 0.3 is 0 Å². The Balaban J connectivity index is 1.73. The van der Waals surface area contributed by atoms with Gasteiger partial charge in [0.05, 0.1) is 5.69 Å². The number of aromatic nitrogens is 2. The quantitative estimate of drug-likeness (QED) is 0.756. The lowest BCUT2D eigenvalue weighted by Crippen LogP contribution is -2.17. The van der Waals surface area contributed by atoms with Crippen LogP contribution in [0.15, 0.2) is 34.4 Å². The average Bonchev–Trinajstić information content (AvgIpc) is 2.47. The van der Waals surface area contributed by atoms with Gasteiger partial charge in [-0.15, -0.1) is 10.2 Å². The Kier molecular flexibility index (Phi) is 4.82. The monoisotopic (exact) mass is 370 g/mol. The number of hydrazone groups is 1. The fourth-order valence-electron chi connectivity index (χ4n) is 1.90. The summed E-state index contributed by atoms with van der Waals surface area (Å²) in [6, 6.07) is 7.85. The van der Waals surface area contributed by atoms with Gasteiger partial charge in [0.15, 0.2) is 14.6 Å². The molecule has 4 nitrogen and oxygen atoms in total. The maximum Gasteiger partial charge on any atom is 0.157 e. The van der Waals surface area contributed by atoms with E-state index >= 15 is 0 Å². The Morgan fingerprint density at radius 1 is 1.23 bits per heavy atom. The summed E-state index contributed by atoms with van der Waals surface area (Å²) in [7, 11) is 1.87. The van der Waals surface area contributed by atoms with E-state index in [2.05, 4.69) is 27.4 Å². The molecule has 114 valence electrons. The third-order valence-corrected chi connectivity index (χ3v) is 5.70. The number of fused-ring (bicyclic) bond motifs is 1. The minimum absolute atomic E-state index is 0.365. The highest BCUT2D eigenvalue weighted by molar-refractivity contribution is 8.38. The number of thioether (sulfide) groups is 2. The summed E-state index contributed by atoms with van der Waals surface area (Å²) < 4.78 is 0.906. The van der Waals surface area contributed by atoms with Crippen LogP contribution in [-0.2, 0) is 5.75 Å². The summed E-state index contributed by atoms with van der Waals surface area (Å²) in [5.74, 6) is 0.759. The highest BCUT2D eigenvalue weighted by Crippen LogP contribution is 2.38. The van der Waals surface area contributed by atoms with Crippen LogP contribution in [0.3, 0.4) is 0 Å². The van der Waals surface area contributed by atoms with Crippen molar-refractivity contribution in [1.82, 2.24) is 10.2 Å². The normalized spacial score (nSPS) is 13.8. The van der Waals surface area contributed by atoms with Crippen molar-refractivity contribution in [1.29, 1.82) is 0 Å². The van der Waals surface area contributed by atoms with E-state index in [1.807, 2.05) is 20.0 Å². The first-order chi connectivity index (χ1) is 10.5. The van der Waals surface area contributed by atoms with Gasteiger partial charge in [-0.25, -0.2) is 0 Å². The Hall–Kier alpha value is -0.950. The molecule has 0 saturated heterocycles. The number of rotatable bonds is 2. The Labute approximate surface area is 147 Å². The highest BCUT2D eigenvalue weighted by Gasteiger charge is 2.20. The maximum absolute atomic E-state index is 6.27. The maximum atomic E-state index is 6.27. The summed E-state index contributed by atoms with van der Waals surface area (Å²) >= 11 is 15.3. The van der Waals surface area contributed by atoms with Gasteiger partial charge in [0.25, 0.3) is 0 Å². The second kappa shape index (κ2) is 6.66. The van der Waals surface area contributed by atoms with E-state index in [0.717, 1.165) is 37.0 Å². The predicted octanol–water partition coefficient (Wildman–Crippen LogP) is 4.84. The van der Waals surface area contributed by atoms with Crippen LogP contribution in [-0.4, -0.2) is 21.6 Å². The van der Waals surface area contributed by atoms with E-state index in [1.165, 1.54) is 11.8 Å². The van der Waals surface area contributed by atoms with Gasteiger partial charge in [0, 0.05) is 23.9 Å². The number of aryl methyl sites for hydroxylation is 1. The Morgan fingerprint density at radius 3 is 2.82 bits per heavy atom. The van der Waals surface area contributed by atoms with Crippen molar-refractivity contribution in [3.05, 3.63) is 45.6 Å². The second-order valence-electron chi connectivity index (χ2n) is 4.73. The molecule has 0 spiro atoms. The van der Waals surface area contributed by atoms with Gasteiger partial charge in [-0.05, 0) is 35.9 Å². The molecule has 0 atom stereocenters. The van der Waals surface area contributed by atoms with Gasteiger partial charge < -0.3 is 0 Å². The van der Waals surface area contributed by atoms with E-state index in [9.17, 15) is 0 Å². The Bertz CT molecular complexity index is 752. The first kappa shape index (κ1) is 15.9. The van der Waals surface area contributed by atoms with Gasteiger partial charge in [-0.2, -0.15) is 5.10 Å².